The van der Waals surface area contributed by atoms with Crippen LogP contribution in [0.4, 0.5) is 0 Å². The minimum atomic E-state index is 0.214. The van der Waals surface area contributed by atoms with Crippen LogP contribution >= 0.6 is 0 Å². The number of nitrogens with one attached hydrogen (secondary N) is 2. The third kappa shape index (κ3) is 2.12. The van der Waals surface area contributed by atoms with Gasteiger partial charge in [0, 0.05) is 12.4 Å². The second-order valence-corrected chi connectivity index (χ2v) is 5.61. The molecule has 1 aromatic rings. The van der Waals surface area contributed by atoms with Crippen LogP contribution in [0, 0.1) is 5.92 Å². The van der Waals surface area contributed by atoms with Crippen LogP contribution in [0.25, 0.3) is 0 Å². The van der Waals surface area contributed by atoms with Gasteiger partial charge in [-0.05, 0) is 28.9 Å². The largest absolute Gasteiger partial charge is 0.366 e. The van der Waals surface area contributed by atoms with Gasteiger partial charge in [-0.3, -0.25) is 0 Å². The Hall–Kier alpha value is -1.44. The van der Waals surface area contributed by atoms with Gasteiger partial charge in [0.2, 0.25) is 0 Å². The summed E-state index contributed by atoms with van der Waals surface area (Å²) in [7, 11) is 0. The van der Waals surface area contributed by atoms with Crippen molar-refractivity contribution in [3.05, 3.63) is 47.8 Å². The molecule has 2 heteroatoms. The van der Waals surface area contributed by atoms with E-state index in [9.17, 15) is 0 Å². The molecule has 0 spiro atoms. The molecule has 2 rings (SSSR count). The lowest BCUT2D eigenvalue weighted by Gasteiger charge is -2.36. The lowest BCUT2D eigenvalue weighted by atomic mass is 9.69. The Bertz CT molecular complexity index is 428. The van der Waals surface area contributed by atoms with Gasteiger partial charge in [0.1, 0.15) is 6.17 Å². The maximum atomic E-state index is 3.36. The van der Waals surface area contributed by atoms with Crippen molar-refractivity contribution in [2.45, 2.75) is 45.7 Å². The van der Waals surface area contributed by atoms with E-state index in [1.165, 1.54) is 11.1 Å². The molecular weight excluding hydrogens is 220 g/mol. The molecule has 2 N–H and O–H groups in total. The maximum absolute atomic E-state index is 3.36. The molecule has 1 unspecified atom stereocenters. The van der Waals surface area contributed by atoms with E-state index in [-0.39, 0.29) is 11.6 Å². The van der Waals surface area contributed by atoms with E-state index in [2.05, 4.69) is 62.6 Å². The van der Waals surface area contributed by atoms with Crippen molar-refractivity contribution in [1.29, 1.82) is 0 Å². The summed E-state index contributed by atoms with van der Waals surface area (Å²) in [6.07, 6.45) is 5.31. The highest BCUT2D eigenvalue weighted by atomic mass is 15.1. The van der Waals surface area contributed by atoms with E-state index in [1.807, 2.05) is 12.4 Å². The molecule has 1 aromatic carbocycles. The molecule has 0 radical (unpaired) electrons. The molecule has 0 saturated heterocycles. The van der Waals surface area contributed by atoms with E-state index in [1.54, 1.807) is 0 Å². The minimum Gasteiger partial charge on any atom is -0.366 e. The molecule has 18 heavy (non-hydrogen) atoms. The molecule has 0 bridgehead atoms. The standard InChI is InChI=1S/C16H24N2/c1-5-16(4,12(2)3)14-9-7-6-8-13(14)15-17-10-11-18-15/h6-12,15,17-18H,5H2,1-4H3. The maximum Gasteiger partial charge on any atom is 0.123 e. The van der Waals surface area contributed by atoms with Gasteiger partial charge in [0.25, 0.3) is 0 Å². The predicted molar refractivity (Wildman–Crippen MR) is 77.1 cm³/mol. The van der Waals surface area contributed by atoms with Crippen LogP contribution < -0.4 is 10.6 Å². The first kappa shape index (κ1) is 13.0. The summed E-state index contributed by atoms with van der Waals surface area (Å²) in [6, 6.07) is 8.78. The van der Waals surface area contributed by atoms with Gasteiger partial charge in [0.05, 0.1) is 0 Å². The molecule has 1 atom stereocenters. The highest BCUT2D eigenvalue weighted by Gasteiger charge is 2.32. The highest BCUT2D eigenvalue weighted by molar-refractivity contribution is 5.37. The van der Waals surface area contributed by atoms with Gasteiger partial charge in [-0.25, -0.2) is 0 Å². The van der Waals surface area contributed by atoms with Gasteiger partial charge in [-0.1, -0.05) is 52.0 Å². The Morgan fingerprint density at radius 3 is 2.33 bits per heavy atom. The van der Waals surface area contributed by atoms with Gasteiger partial charge in [0.15, 0.2) is 0 Å². The molecule has 1 heterocycles. The summed E-state index contributed by atoms with van der Waals surface area (Å²) in [5.41, 5.74) is 3.04. The van der Waals surface area contributed by atoms with E-state index < -0.39 is 0 Å². The molecule has 0 amide bonds. The van der Waals surface area contributed by atoms with Crippen LogP contribution in [0.1, 0.15) is 51.4 Å². The summed E-state index contributed by atoms with van der Waals surface area (Å²) in [6.45, 7) is 9.28. The predicted octanol–water partition coefficient (Wildman–Crippen LogP) is 3.67. The zero-order valence-electron chi connectivity index (χ0n) is 11.8. The first-order chi connectivity index (χ1) is 8.59. The van der Waals surface area contributed by atoms with Crippen molar-refractivity contribution in [2.75, 3.05) is 0 Å². The first-order valence-corrected chi connectivity index (χ1v) is 6.86. The zero-order valence-corrected chi connectivity index (χ0v) is 11.8. The van der Waals surface area contributed by atoms with Crippen molar-refractivity contribution >= 4 is 0 Å². The van der Waals surface area contributed by atoms with E-state index in [0.717, 1.165) is 6.42 Å². The molecule has 0 fully saturated rings. The summed E-state index contributed by atoms with van der Waals surface area (Å²) < 4.78 is 0. The van der Waals surface area contributed by atoms with Gasteiger partial charge in [-0.2, -0.15) is 0 Å². The number of benzene rings is 1. The fourth-order valence-corrected chi connectivity index (χ4v) is 2.69. The van der Waals surface area contributed by atoms with Crippen LogP contribution in [0.2, 0.25) is 0 Å². The Labute approximate surface area is 110 Å². The van der Waals surface area contributed by atoms with Crippen LogP contribution in [0.15, 0.2) is 36.7 Å². The Kier molecular flexibility index (Phi) is 3.65. The molecule has 0 saturated carbocycles. The summed E-state index contributed by atoms with van der Waals surface area (Å²) >= 11 is 0. The molecule has 1 aliphatic rings. The fraction of sp³-hybridized carbons (Fsp3) is 0.500. The number of hydrogen-bond acceptors (Lipinski definition) is 2. The van der Waals surface area contributed by atoms with E-state index in [4.69, 9.17) is 0 Å². The van der Waals surface area contributed by atoms with E-state index >= 15 is 0 Å². The second kappa shape index (κ2) is 5.05. The van der Waals surface area contributed by atoms with Gasteiger partial charge in [-0.15, -0.1) is 0 Å². The second-order valence-electron chi connectivity index (χ2n) is 5.61. The number of rotatable bonds is 4. The van der Waals surface area contributed by atoms with Gasteiger partial charge >= 0.3 is 0 Å². The molecule has 0 aliphatic carbocycles. The molecular formula is C16H24N2. The third-order valence-electron chi connectivity index (χ3n) is 4.50. The first-order valence-electron chi connectivity index (χ1n) is 6.86. The van der Waals surface area contributed by atoms with Crippen molar-refractivity contribution < 1.29 is 0 Å². The highest BCUT2D eigenvalue weighted by Crippen LogP contribution is 2.38. The van der Waals surface area contributed by atoms with Crippen LogP contribution in [0.3, 0.4) is 0 Å². The Balaban J connectivity index is 2.43. The summed E-state index contributed by atoms with van der Waals surface area (Å²) in [5, 5.41) is 6.71. The van der Waals surface area contributed by atoms with Crippen LogP contribution in [0.5, 0.6) is 0 Å². The minimum absolute atomic E-state index is 0.214. The lowest BCUT2D eigenvalue weighted by Crippen LogP contribution is -2.32. The van der Waals surface area contributed by atoms with Crippen molar-refractivity contribution in [2.24, 2.45) is 5.92 Å². The third-order valence-corrected chi connectivity index (χ3v) is 4.50. The summed E-state index contributed by atoms with van der Waals surface area (Å²) in [5.74, 6) is 0.623. The molecule has 98 valence electrons. The lowest BCUT2D eigenvalue weighted by molar-refractivity contribution is 0.321. The molecule has 1 aliphatic heterocycles. The zero-order chi connectivity index (χ0) is 13.2. The van der Waals surface area contributed by atoms with Crippen LogP contribution in [-0.4, -0.2) is 0 Å². The van der Waals surface area contributed by atoms with Crippen LogP contribution in [-0.2, 0) is 5.41 Å². The Morgan fingerprint density at radius 2 is 1.78 bits per heavy atom. The quantitative estimate of drug-likeness (QED) is 0.844. The van der Waals surface area contributed by atoms with Gasteiger partial charge < -0.3 is 10.6 Å². The smallest absolute Gasteiger partial charge is 0.123 e. The average molecular weight is 244 g/mol. The monoisotopic (exact) mass is 244 g/mol. The SMILES string of the molecule is CCC(C)(c1ccccc1C1NC=CN1)C(C)C. The fourth-order valence-electron chi connectivity index (χ4n) is 2.69. The van der Waals surface area contributed by atoms with Crippen molar-refractivity contribution in [1.82, 2.24) is 10.6 Å². The molecule has 0 aromatic heterocycles. The summed E-state index contributed by atoms with van der Waals surface area (Å²) in [4.78, 5) is 0. The average Bonchev–Trinajstić information content (AvgIpc) is 2.91. The number of hydrogen-bond donors (Lipinski definition) is 2. The topological polar surface area (TPSA) is 24.1 Å². The Morgan fingerprint density at radius 1 is 1.17 bits per heavy atom. The van der Waals surface area contributed by atoms with E-state index in [0.29, 0.717) is 5.92 Å². The van der Waals surface area contributed by atoms with Crippen molar-refractivity contribution in [3.8, 4) is 0 Å². The van der Waals surface area contributed by atoms with Crippen molar-refractivity contribution in [3.63, 3.8) is 0 Å². The molecule has 2 nitrogen and oxygen atoms in total. The normalized spacial score (nSPS) is 18.5.